The summed E-state index contributed by atoms with van der Waals surface area (Å²) in [5, 5.41) is 6.41. The SMILES string of the molecule is COc1ccc(N2C(=O)c3ccccc3NC23C(=O)Nc2c(C)cc(C)cc23)cc1. The monoisotopic (exact) mass is 399 g/mol. The Morgan fingerprint density at radius 3 is 2.43 bits per heavy atom. The van der Waals surface area contributed by atoms with E-state index < -0.39 is 5.66 Å². The molecule has 2 N–H and O–H groups in total. The van der Waals surface area contributed by atoms with E-state index in [0.29, 0.717) is 22.7 Å². The Labute approximate surface area is 174 Å². The van der Waals surface area contributed by atoms with Crippen LogP contribution in [0.4, 0.5) is 17.1 Å². The lowest BCUT2D eigenvalue weighted by molar-refractivity contribution is -0.119. The van der Waals surface area contributed by atoms with Crippen LogP contribution in [-0.4, -0.2) is 18.9 Å². The van der Waals surface area contributed by atoms with Crippen LogP contribution in [0.5, 0.6) is 5.75 Å². The van der Waals surface area contributed by atoms with Gasteiger partial charge in [-0.1, -0.05) is 23.8 Å². The second kappa shape index (κ2) is 6.35. The third kappa shape index (κ3) is 2.37. The first-order valence-corrected chi connectivity index (χ1v) is 9.74. The molecular weight excluding hydrogens is 378 g/mol. The molecule has 6 heteroatoms. The molecule has 0 radical (unpaired) electrons. The van der Waals surface area contributed by atoms with Crippen molar-refractivity contribution in [3.05, 3.63) is 82.9 Å². The summed E-state index contributed by atoms with van der Waals surface area (Å²) in [6.45, 7) is 3.95. The number of fused-ring (bicyclic) bond motifs is 3. The Kier molecular flexibility index (Phi) is 3.86. The zero-order valence-corrected chi connectivity index (χ0v) is 16.9. The Morgan fingerprint density at radius 2 is 1.70 bits per heavy atom. The molecule has 2 heterocycles. The predicted molar refractivity (Wildman–Crippen MR) is 116 cm³/mol. The molecule has 5 rings (SSSR count). The normalized spacial score (nSPS) is 19.2. The van der Waals surface area contributed by atoms with Gasteiger partial charge >= 0.3 is 0 Å². The maximum atomic E-state index is 13.7. The first kappa shape index (κ1) is 18.2. The molecule has 1 atom stereocenters. The van der Waals surface area contributed by atoms with Crippen LogP contribution in [0, 0.1) is 13.8 Å². The predicted octanol–water partition coefficient (Wildman–Crippen LogP) is 4.19. The van der Waals surface area contributed by atoms with Crippen molar-refractivity contribution in [2.75, 3.05) is 22.6 Å². The minimum absolute atomic E-state index is 0.239. The first-order chi connectivity index (χ1) is 14.5. The molecule has 2 aliphatic rings. The largest absolute Gasteiger partial charge is 0.497 e. The number of rotatable bonds is 2. The first-order valence-electron chi connectivity index (χ1n) is 9.74. The molecule has 1 spiro atoms. The van der Waals surface area contributed by atoms with Gasteiger partial charge in [-0.2, -0.15) is 0 Å². The van der Waals surface area contributed by atoms with Gasteiger partial charge in [0.25, 0.3) is 11.8 Å². The van der Waals surface area contributed by atoms with E-state index in [2.05, 4.69) is 10.6 Å². The number of nitrogens with one attached hydrogen (secondary N) is 2. The number of aryl methyl sites for hydroxylation is 2. The fraction of sp³-hybridized carbons (Fsp3) is 0.167. The average Bonchev–Trinajstić information content (AvgIpc) is 3.01. The minimum Gasteiger partial charge on any atom is -0.497 e. The van der Waals surface area contributed by atoms with Crippen molar-refractivity contribution in [1.29, 1.82) is 0 Å². The van der Waals surface area contributed by atoms with Gasteiger partial charge in [-0.25, -0.2) is 0 Å². The van der Waals surface area contributed by atoms with Gasteiger partial charge in [0, 0.05) is 16.9 Å². The van der Waals surface area contributed by atoms with E-state index in [1.165, 1.54) is 0 Å². The number of anilines is 3. The molecule has 0 saturated carbocycles. The molecule has 2 amide bonds. The summed E-state index contributed by atoms with van der Waals surface area (Å²) in [5.41, 5.74) is 3.82. The molecule has 0 saturated heterocycles. The molecule has 0 fully saturated rings. The van der Waals surface area contributed by atoms with Gasteiger partial charge in [0.1, 0.15) is 5.75 Å². The number of carbonyl (C=O) groups is 2. The average molecular weight is 399 g/mol. The molecule has 6 nitrogen and oxygen atoms in total. The van der Waals surface area contributed by atoms with Gasteiger partial charge in [0.05, 0.1) is 18.4 Å². The lowest BCUT2D eigenvalue weighted by atomic mass is 9.90. The summed E-state index contributed by atoms with van der Waals surface area (Å²) in [6.07, 6.45) is 0. The van der Waals surface area contributed by atoms with Crippen molar-refractivity contribution in [3.8, 4) is 5.75 Å². The molecule has 1 unspecified atom stereocenters. The van der Waals surface area contributed by atoms with E-state index in [-0.39, 0.29) is 11.8 Å². The van der Waals surface area contributed by atoms with Crippen molar-refractivity contribution in [2.45, 2.75) is 19.5 Å². The molecule has 2 aliphatic heterocycles. The Bertz CT molecular complexity index is 1200. The quantitative estimate of drug-likeness (QED) is 0.678. The number of ether oxygens (including phenoxy) is 1. The third-order valence-corrected chi connectivity index (χ3v) is 5.78. The smallest absolute Gasteiger partial charge is 0.276 e. The molecule has 30 heavy (non-hydrogen) atoms. The molecule has 0 bridgehead atoms. The van der Waals surface area contributed by atoms with Crippen LogP contribution in [0.1, 0.15) is 27.0 Å². The summed E-state index contributed by atoms with van der Waals surface area (Å²) in [6, 6.07) is 18.4. The fourth-order valence-corrected chi connectivity index (χ4v) is 4.44. The number of amides is 2. The van der Waals surface area contributed by atoms with Crippen LogP contribution in [0.2, 0.25) is 0 Å². The van der Waals surface area contributed by atoms with E-state index in [9.17, 15) is 9.59 Å². The van der Waals surface area contributed by atoms with Gasteiger partial charge in [-0.05, 0) is 61.9 Å². The molecular formula is C24H21N3O3. The summed E-state index contributed by atoms with van der Waals surface area (Å²) >= 11 is 0. The lowest BCUT2D eigenvalue weighted by Crippen LogP contribution is -2.61. The number of nitrogens with zero attached hydrogens (tertiary/aromatic N) is 1. The van der Waals surface area contributed by atoms with E-state index in [1.807, 2.05) is 44.2 Å². The lowest BCUT2D eigenvalue weighted by Gasteiger charge is -2.44. The van der Waals surface area contributed by atoms with Crippen LogP contribution in [0.15, 0.2) is 60.7 Å². The van der Waals surface area contributed by atoms with Gasteiger partial charge in [-0.15, -0.1) is 0 Å². The van der Waals surface area contributed by atoms with E-state index in [1.54, 1.807) is 42.3 Å². The third-order valence-electron chi connectivity index (χ3n) is 5.78. The number of hydrogen-bond acceptors (Lipinski definition) is 4. The van der Waals surface area contributed by atoms with E-state index in [4.69, 9.17) is 4.74 Å². The summed E-state index contributed by atoms with van der Waals surface area (Å²) < 4.78 is 5.27. The van der Waals surface area contributed by atoms with Gasteiger partial charge in [0.2, 0.25) is 5.66 Å². The van der Waals surface area contributed by atoms with Crippen LogP contribution >= 0.6 is 0 Å². The fourth-order valence-electron chi connectivity index (χ4n) is 4.44. The van der Waals surface area contributed by atoms with E-state index >= 15 is 0 Å². The Balaban J connectivity index is 1.81. The highest BCUT2D eigenvalue weighted by Crippen LogP contribution is 2.48. The maximum Gasteiger partial charge on any atom is 0.276 e. The van der Waals surface area contributed by atoms with Crippen molar-refractivity contribution >= 4 is 28.9 Å². The topological polar surface area (TPSA) is 70.7 Å². The van der Waals surface area contributed by atoms with Gasteiger partial charge < -0.3 is 15.4 Å². The Morgan fingerprint density at radius 1 is 0.967 bits per heavy atom. The van der Waals surface area contributed by atoms with Crippen LogP contribution in [0.25, 0.3) is 0 Å². The van der Waals surface area contributed by atoms with Gasteiger partial charge in [0.15, 0.2) is 0 Å². The standard InChI is InChI=1S/C24H21N3O3/c1-14-12-15(2)21-19(13-14)24(23(29)25-21)26-20-7-5-4-6-18(20)22(28)27(24)16-8-10-17(30-3)11-9-16/h4-13,26H,1-3H3,(H,25,29). The number of carbonyl (C=O) groups excluding carboxylic acids is 2. The van der Waals surface area contributed by atoms with Gasteiger partial charge in [-0.3, -0.25) is 14.5 Å². The van der Waals surface area contributed by atoms with Crippen LogP contribution in [-0.2, 0) is 10.5 Å². The number of methoxy groups -OCH3 is 1. The zero-order valence-electron chi connectivity index (χ0n) is 16.9. The summed E-state index contributed by atoms with van der Waals surface area (Å²) in [7, 11) is 1.59. The van der Waals surface area contributed by atoms with Crippen molar-refractivity contribution in [3.63, 3.8) is 0 Å². The highest BCUT2D eigenvalue weighted by Gasteiger charge is 2.57. The molecule has 150 valence electrons. The maximum absolute atomic E-state index is 13.7. The number of para-hydroxylation sites is 1. The van der Waals surface area contributed by atoms with Crippen molar-refractivity contribution in [1.82, 2.24) is 0 Å². The van der Waals surface area contributed by atoms with Crippen LogP contribution < -0.4 is 20.3 Å². The van der Waals surface area contributed by atoms with Crippen molar-refractivity contribution in [2.24, 2.45) is 0 Å². The zero-order chi connectivity index (χ0) is 21.0. The van der Waals surface area contributed by atoms with E-state index in [0.717, 1.165) is 22.4 Å². The molecule has 0 aliphatic carbocycles. The van der Waals surface area contributed by atoms with Crippen LogP contribution in [0.3, 0.4) is 0 Å². The molecule has 0 aromatic heterocycles. The second-order valence-corrected chi connectivity index (χ2v) is 7.68. The molecule has 3 aromatic carbocycles. The minimum atomic E-state index is -1.38. The number of benzene rings is 3. The Hall–Kier alpha value is -3.80. The number of hydrogen-bond donors (Lipinski definition) is 2. The highest BCUT2D eigenvalue weighted by molar-refractivity contribution is 6.22. The molecule has 3 aromatic rings. The summed E-state index contributed by atoms with van der Waals surface area (Å²) in [5.74, 6) is 0.148. The summed E-state index contributed by atoms with van der Waals surface area (Å²) in [4.78, 5) is 28.8. The van der Waals surface area contributed by atoms with Crippen molar-refractivity contribution < 1.29 is 14.3 Å². The second-order valence-electron chi connectivity index (χ2n) is 7.68. The highest BCUT2D eigenvalue weighted by atomic mass is 16.5.